The monoisotopic (exact) mass is 220 g/mol. The van der Waals surface area contributed by atoms with E-state index in [0.717, 1.165) is 23.3 Å². The molecule has 1 aromatic carbocycles. The number of fused-ring (bicyclic) bond motifs is 1. The van der Waals surface area contributed by atoms with Crippen LogP contribution in [0.3, 0.4) is 0 Å². The molecule has 2 rings (SSSR count). The molecule has 16 heavy (non-hydrogen) atoms. The van der Waals surface area contributed by atoms with Crippen LogP contribution in [0.25, 0.3) is 0 Å². The molecule has 1 atom stereocenters. The normalized spacial score (nSPS) is 22.4. The van der Waals surface area contributed by atoms with E-state index in [1.165, 1.54) is 5.56 Å². The molecule has 1 aliphatic heterocycles. The van der Waals surface area contributed by atoms with Gasteiger partial charge in [-0.15, -0.1) is 0 Å². The Hall–Kier alpha value is -1.02. The first-order chi connectivity index (χ1) is 7.43. The molecule has 0 spiro atoms. The van der Waals surface area contributed by atoms with E-state index in [2.05, 4.69) is 32.9 Å². The van der Waals surface area contributed by atoms with Gasteiger partial charge >= 0.3 is 0 Å². The van der Waals surface area contributed by atoms with Crippen molar-refractivity contribution in [2.45, 2.75) is 52.2 Å². The molecule has 0 radical (unpaired) electrons. The average Bonchev–Trinajstić information content (AvgIpc) is 2.14. The highest BCUT2D eigenvalue weighted by molar-refractivity contribution is 5.45. The fourth-order valence-electron chi connectivity index (χ4n) is 2.58. The van der Waals surface area contributed by atoms with E-state index in [1.807, 2.05) is 6.92 Å². The fraction of sp³-hybridized carbons (Fsp3) is 0.571. The summed E-state index contributed by atoms with van der Waals surface area (Å²) in [5, 5.41) is 9.27. The molecule has 0 amide bonds. The lowest BCUT2D eigenvalue weighted by atomic mass is 9.84. The molecule has 2 nitrogen and oxygen atoms in total. The van der Waals surface area contributed by atoms with Crippen LogP contribution in [0.15, 0.2) is 12.1 Å². The van der Waals surface area contributed by atoms with E-state index < -0.39 is 0 Å². The lowest BCUT2D eigenvalue weighted by Gasteiger charge is -2.36. The molecule has 1 N–H and O–H groups in total. The van der Waals surface area contributed by atoms with Crippen molar-refractivity contribution in [3.8, 4) is 5.75 Å². The zero-order chi connectivity index (χ0) is 11.9. The molecule has 1 aliphatic rings. The van der Waals surface area contributed by atoms with Gasteiger partial charge in [0.05, 0.1) is 6.61 Å². The first-order valence-electron chi connectivity index (χ1n) is 5.86. The van der Waals surface area contributed by atoms with E-state index in [0.29, 0.717) is 5.92 Å². The van der Waals surface area contributed by atoms with Crippen LogP contribution >= 0.6 is 0 Å². The summed E-state index contributed by atoms with van der Waals surface area (Å²) >= 11 is 0. The van der Waals surface area contributed by atoms with Crippen LogP contribution in [-0.2, 0) is 6.61 Å². The Labute approximate surface area is 97.3 Å². The van der Waals surface area contributed by atoms with Gasteiger partial charge < -0.3 is 9.84 Å². The fourth-order valence-corrected chi connectivity index (χ4v) is 2.58. The van der Waals surface area contributed by atoms with Crippen molar-refractivity contribution in [2.75, 3.05) is 0 Å². The molecule has 88 valence electrons. The lowest BCUT2D eigenvalue weighted by Crippen LogP contribution is -2.34. The number of hydrogen-bond acceptors (Lipinski definition) is 2. The maximum atomic E-state index is 9.27. The second kappa shape index (κ2) is 3.77. The highest BCUT2D eigenvalue weighted by atomic mass is 16.5. The SMILES string of the molecule is Cc1cc2c(cc1CO)C(C)CC(C)(C)O2. The van der Waals surface area contributed by atoms with Crippen LogP contribution in [0.5, 0.6) is 5.75 Å². The molecular formula is C14H20O2. The van der Waals surface area contributed by atoms with Gasteiger partial charge in [0.1, 0.15) is 11.4 Å². The Bertz CT molecular complexity index is 407. The zero-order valence-corrected chi connectivity index (χ0v) is 10.5. The van der Waals surface area contributed by atoms with Gasteiger partial charge in [-0.25, -0.2) is 0 Å². The molecule has 0 bridgehead atoms. The summed E-state index contributed by atoms with van der Waals surface area (Å²) in [6, 6.07) is 4.14. The minimum Gasteiger partial charge on any atom is -0.488 e. The Morgan fingerprint density at radius 1 is 1.44 bits per heavy atom. The highest BCUT2D eigenvalue weighted by Gasteiger charge is 2.31. The summed E-state index contributed by atoms with van der Waals surface area (Å²) in [7, 11) is 0. The van der Waals surface area contributed by atoms with Gasteiger partial charge in [-0.2, -0.15) is 0 Å². The van der Waals surface area contributed by atoms with Crippen molar-refractivity contribution in [3.63, 3.8) is 0 Å². The second-order valence-corrected chi connectivity index (χ2v) is 5.44. The molecule has 0 saturated carbocycles. The number of ether oxygens (including phenoxy) is 1. The van der Waals surface area contributed by atoms with Gasteiger partial charge in [-0.3, -0.25) is 0 Å². The van der Waals surface area contributed by atoms with Crippen LogP contribution in [-0.4, -0.2) is 10.7 Å². The summed E-state index contributed by atoms with van der Waals surface area (Å²) in [6.45, 7) is 8.60. The first kappa shape index (κ1) is 11.5. The molecule has 1 heterocycles. The van der Waals surface area contributed by atoms with Crippen LogP contribution < -0.4 is 4.74 Å². The number of aliphatic hydroxyl groups excluding tert-OH is 1. The first-order valence-corrected chi connectivity index (χ1v) is 5.86. The Morgan fingerprint density at radius 2 is 2.12 bits per heavy atom. The summed E-state index contributed by atoms with van der Waals surface area (Å²) in [6.07, 6.45) is 1.02. The van der Waals surface area contributed by atoms with E-state index in [9.17, 15) is 5.11 Å². The Balaban J connectivity index is 2.49. The predicted molar refractivity (Wildman–Crippen MR) is 64.8 cm³/mol. The molecule has 0 saturated heterocycles. The molecule has 0 aliphatic carbocycles. The highest BCUT2D eigenvalue weighted by Crippen LogP contribution is 2.41. The Kier molecular flexibility index (Phi) is 2.70. The standard InChI is InChI=1S/C14H20O2/c1-9-5-13-12(6-11(9)8-15)10(2)7-14(3,4)16-13/h5-6,10,15H,7-8H2,1-4H3. The topological polar surface area (TPSA) is 29.5 Å². The van der Waals surface area contributed by atoms with Crippen molar-refractivity contribution in [3.05, 3.63) is 28.8 Å². The molecule has 0 aromatic heterocycles. The van der Waals surface area contributed by atoms with E-state index in [4.69, 9.17) is 4.74 Å². The Morgan fingerprint density at radius 3 is 2.75 bits per heavy atom. The van der Waals surface area contributed by atoms with Crippen molar-refractivity contribution < 1.29 is 9.84 Å². The van der Waals surface area contributed by atoms with E-state index >= 15 is 0 Å². The lowest BCUT2D eigenvalue weighted by molar-refractivity contribution is 0.0744. The molecule has 0 fully saturated rings. The summed E-state index contributed by atoms with van der Waals surface area (Å²) in [5.74, 6) is 1.48. The quantitative estimate of drug-likeness (QED) is 0.787. The average molecular weight is 220 g/mol. The van der Waals surface area contributed by atoms with Crippen molar-refractivity contribution in [2.24, 2.45) is 0 Å². The number of rotatable bonds is 1. The maximum Gasteiger partial charge on any atom is 0.123 e. The van der Waals surface area contributed by atoms with Crippen molar-refractivity contribution in [1.29, 1.82) is 0 Å². The van der Waals surface area contributed by atoms with Crippen LogP contribution in [0.4, 0.5) is 0 Å². The number of benzene rings is 1. The van der Waals surface area contributed by atoms with E-state index in [-0.39, 0.29) is 12.2 Å². The minimum atomic E-state index is -0.0837. The zero-order valence-electron chi connectivity index (χ0n) is 10.5. The van der Waals surface area contributed by atoms with Gasteiger partial charge in [-0.05, 0) is 61.9 Å². The van der Waals surface area contributed by atoms with Gasteiger partial charge in [0.15, 0.2) is 0 Å². The number of aryl methyl sites for hydroxylation is 1. The summed E-state index contributed by atoms with van der Waals surface area (Å²) in [4.78, 5) is 0. The van der Waals surface area contributed by atoms with Gasteiger partial charge in [0.25, 0.3) is 0 Å². The molecule has 1 aromatic rings. The predicted octanol–water partition coefficient (Wildman–Crippen LogP) is 3.15. The van der Waals surface area contributed by atoms with Crippen LogP contribution in [0, 0.1) is 6.92 Å². The number of hydrogen-bond donors (Lipinski definition) is 1. The summed E-state index contributed by atoms with van der Waals surface area (Å²) < 4.78 is 5.99. The minimum absolute atomic E-state index is 0.0837. The number of aliphatic hydroxyl groups is 1. The molecule has 1 unspecified atom stereocenters. The van der Waals surface area contributed by atoms with Gasteiger partial charge in [0.2, 0.25) is 0 Å². The largest absolute Gasteiger partial charge is 0.488 e. The van der Waals surface area contributed by atoms with Gasteiger partial charge in [-0.1, -0.05) is 6.92 Å². The third-order valence-electron chi connectivity index (χ3n) is 3.35. The van der Waals surface area contributed by atoms with Crippen LogP contribution in [0.2, 0.25) is 0 Å². The van der Waals surface area contributed by atoms with Crippen molar-refractivity contribution in [1.82, 2.24) is 0 Å². The molecule has 2 heteroatoms. The maximum absolute atomic E-state index is 9.27. The van der Waals surface area contributed by atoms with Crippen LogP contribution in [0.1, 0.15) is 49.8 Å². The second-order valence-electron chi connectivity index (χ2n) is 5.44. The third kappa shape index (κ3) is 1.94. The van der Waals surface area contributed by atoms with Crippen molar-refractivity contribution >= 4 is 0 Å². The molecular weight excluding hydrogens is 200 g/mol. The van der Waals surface area contributed by atoms with E-state index in [1.54, 1.807) is 0 Å². The third-order valence-corrected chi connectivity index (χ3v) is 3.35. The smallest absolute Gasteiger partial charge is 0.123 e. The van der Waals surface area contributed by atoms with Gasteiger partial charge in [0, 0.05) is 0 Å². The summed E-state index contributed by atoms with van der Waals surface area (Å²) in [5.41, 5.74) is 3.26.